The summed E-state index contributed by atoms with van der Waals surface area (Å²) in [5.41, 5.74) is 0. The molecule has 1 rings (SSSR count). The van der Waals surface area contributed by atoms with Crippen molar-refractivity contribution in [2.45, 2.75) is 26.3 Å². The number of nitrogens with one attached hydrogen (secondary N) is 1. The summed E-state index contributed by atoms with van der Waals surface area (Å²) in [5, 5.41) is 4.21. The first-order valence-electron chi connectivity index (χ1n) is 5.35. The molecule has 0 aromatic rings. The van der Waals surface area contributed by atoms with Crippen LogP contribution in [0.1, 0.15) is 20.3 Å². The molecule has 0 spiro atoms. The number of nitrogens with zero attached hydrogens (tertiary/aromatic N) is 2. The van der Waals surface area contributed by atoms with Crippen LogP contribution in [0.15, 0.2) is 4.99 Å². The van der Waals surface area contributed by atoms with Crippen molar-refractivity contribution in [3.05, 3.63) is 0 Å². The van der Waals surface area contributed by atoms with E-state index in [4.69, 9.17) is 0 Å². The normalized spacial score (nSPS) is 22.9. The lowest BCUT2D eigenvalue weighted by molar-refractivity contribution is -0.128. The number of hydrogen-bond donors (Lipinski definition) is 1. The Morgan fingerprint density at radius 1 is 1.67 bits per heavy atom. The molecule has 0 saturated carbocycles. The van der Waals surface area contributed by atoms with E-state index in [2.05, 4.69) is 17.2 Å². The number of hydrogen-bond acceptors (Lipinski definition) is 3. The van der Waals surface area contributed by atoms with Crippen LogP contribution in [0.25, 0.3) is 0 Å². The van der Waals surface area contributed by atoms with Gasteiger partial charge in [-0.15, -0.1) is 0 Å². The van der Waals surface area contributed by atoms with E-state index in [1.54, 1.807) is 23.7 Å². The third-order valence-corrected chi connectivity index (χ3v) is 3.59. The van der Waals surface area contributed by atoms with Crippen LogP contribution in [-0.4, -0.2) is 47.9 Å². The Morgan fingerprint density at radius 3 is 2.93 bits per heavy atom. The molecular formula is C10H19N3OS. The molecule has 0 aliphatic carbocycles. The van der Waals surface area contributed by atoms with Gasteiger partial charge in [0.05, 0.1) is 0 Å². The van der Waals surface area contributed by atoms with E-state index in [9.17, 15) is 4.79 Å². The van der Waals surface area contributed by atoms with Crippen molar-refractivity contribution in [2.75, 3.05) is 25.9 Å². The fourth-order valence-corrected chi connectivity index (χ4v) is 2.27. The third kappa shape index (κ3) is 3.74. The molecule has 1 atom stereocenters. The number of rotatable bonds is 4. The Kier molecular flexibility index (Phi) is 4.94. The first kappa shape index (κ1) is 12.4. The van der Waals surface area contributed by atoms with Crippen molar-refractivity contribution in [3.8, 4) is 0 Å². The Labute approximate surface area is 95.5 Å². The molecule has 1 aliphatic rings. The number of amides is 1. The van der Waals surface area contributed by atoms with Crippen LogP contribution in [0.4, 0.5) is 0 Å². The minimum atomic E-state index is 0.0762. The average molecular weight is 229 g/mol. The Morgan fingerprint density at radius 2 is 2.40 bits per heavy atom. The van der Waals surface area contributed by atoms with Crippen LogP contribution in [0.2, 0.25) is 0 Å². The van der Waals surface area contributed by atoms with Gasteiger partial charge >= 0.3 is 0 Å². The van der Waals surface area contributed by atoms with Crippen LogP contribution in [-0.2, 0) is 4.79 Å². The number of likely N-dealkylation sites (N-methyl/N-ethyl adjacent to an activating group) is 1. The number of aliphatic imine (C=N–C) groups is 1. The zero-order valence-electron chi connectivity index (χ0n) is 9.62. The van der Waals surface area contributed by atoms with Gasteiger partial charge in [0.25, 0.3) is 0 Å². The lowest BCUT2D eigenvalue weighted by Crippen LogP contribution is -2.30. The molecule has 4 nitrogen and oxygen atoms in total. The highest BCUT2D eigenvalue weighted by molar-refractivity contribution is 8.14. The second kappa shape index (κ2) is 6.00. The minimum Gasteiger partial charge on any atom is -0.361 e. The summed E-state index contributed by atoms with van der Waals surface area (Å²) in [6.07, 6.45) is 1.11. The van der Waals surface area contributed by atoms with E-state index in [0.717, 1.165) is 23.9 Å². The molecule has 5 heteroatoms. The fraction of sp³-hybridized carbons (Fsp3) is 0.800. The molecule has 0 aromatic carbocycles. The van der Waals surface area contributed by atoms with Crippen molar-refractivity contribution >= 4 is 22.8 Å². The number of carbonyl (C=O) groups is 1. The summed E-state index contributed by atoms with van der Waals surface area (Å²) in [6, 6.07) is 0.521. The Hall–Kier alpha value is -0.710. The summed E-state index contributed by atoms with van der Waals surface area (Å²) < 4.78 is 0. The molecule has 1 unspecified atom stereocenters. The first-order chi connectivity index (χ1) is 7.17. The third-order valence-electron chi connectivity index (χ3n) is 2.50. The van der Waals surface area contributed by atoms with E-state index in [-0.39, 0.29) is 12.5 Å². The standard InChI is InChI=1S/C10H19N3OS/c1-4-8-7-15-10(12-8)11-6-9(14)13(3)5-2/h8H,4-7H2,1-3H3,(H,11,12). The van der Waals surface area contributed by atoms with Crippen molar-refractivity contribution in [1.82, 2.24) is 10.2 Å². The van der Waals surface area contributed by atoms with Gasteiger partial charge in [-0.05, 0) is 13.3 Å². The number of thioether (sulfide) groups is 1. The molecule has 15 heavy (non-hydrogen) atoms. The van der Waals surface area contributed by atoms with E-state index in [1.807, 2.05) is 6.92 Å². The monoisotopic (exact) mass is 229 g/mol. The van der Waals surface area contributed by atoms with Crippen LogP contribution >= 0.6 is 11.8 Å². The number of carbonyl (C=O) groups excluding carboxylic acids is 1. The van der Waals surface area contributed by atoms with Crippen LogP contribution < -0.4 is 5.32 Å². The largest absolute Gasteiger partial charge is 0.361 e. The molecule has 1 aliphatic heterocycles. The first-order valence-corrected chi connectivity index (χ1v) is 6.33. The van der Waals surface area contributed by atoms with Crippen molar-refractivity contribution in [1.29, 1.82) is 0 Å². The van der Waals surface area contributed by atoms with E-state index in [1.165, 1.54) is 0 Å². The number of amidine groups is 1. The predicted molar refractivity (Wildman–Crippen MR) is 65.3 cm³/mol. The maximum atomic E-state index is 11.5. The van der Waals surface area contributed by atoms with Gasteiger partial charge in [0, 0.05) is 25.4 Å². The Bertz CT molecular complexity index is 255. The van der Waals surface area contributed by atoms with Crippen molar-refractivity contribution in [2.24, 2.45) is 4.99 Å². The lowest BCUT2D eigenvalue weighted by atomic mass is 10.3. The van der Waals surface area contributed by atoms with Crippen LogP contribution in [0.3, 0.4) is 0 Å². The zero-order chi connectivity index (χ0) is 11.3. The van der Waals surface area contributed by atoms with Gasteiger partial charge in [-0.25, -0.2) is 0 Å². The van der Waals surface area contributed by atoms with Gasteiger partial charge in [0.2, 0.25) is 5.91 Å². The predicted octanol–water partition coefficient (Wildman–Crippen LogP) is 0.936. The molecule has 0 aromatic heterocycles. The van der Waals surface area contributed by atoms with Crippen LogP contribution in [0, 0.1) is 0 Å². The zero-order valence-corrected chi connectivity index (χ0v) is 10.4. The van der Waals surface area contributed by atoms with Gasteiger partial charge in [-0.1, -0.05) is 18.7 Å². The molecular weight excluding hydrogens is 210 g/mol. The topological polar surface area (TPSA) is 44.7 Å². The van der Waals surface area contributed by atoms with Gasteiger partial charge < -0.3 is 10.2 Å². The summed E-state index contributed by atoms with van der Waals surface area (Å²) in [7, 11) is 1.80. The van der Waals surface area contributed by atoms with Crippen molar-refractivity contribution in [3.63, 3.8) is 0 Å². The quantitative estimate of drug-likeness (QED) is 0.780. The smallest absolute Gasteiger partial charge is 0.244 e. The maximum absolute atomic E-state index is 11.5. The molecule has 1 N–H and O–H groups in total. The molecule has 86 valence electrons. The maximum Gasteiger partial charge on any atom is 0.244 e. The van der Waals surface area contributed by atoms with Gasteiger partial charge in [0.15, 0.2) is 5.17 Å². The lowest BCUT2D eigenvalue weighted by Gasteiger charge is -2.12. The summed E-state index contributed by atoms with van der Waals surface area (Å²) in [5.74, 6) is 1.14. The average Bonchev–Trinajstić information content (AvgIpc) is 2.72. The molecule has 0 radical (unpaired) electrons. The second-order valence-electron chi connectivity index (χ2n) is 3.59. The second-order valence-corrected chi connectivity index (χ2v) is 4.60. The Balaban J connectivity index is 2.35. The fourth-order valence-electron chi connectivity index (χ4n) is 1.19. The minimum absolute atomic E-state index is 0.0762. The van der Waals surface area contributed by atoms with E-state index >= 15 is 0 Å². The summed E-state index contributed by atoms with van der Waals surface area (Å²) in [6.45, 7) is 5.11. The van der Waals surface area contributed by atoms with E-state index < -0.39 is 0 Å². The molecule has 1 heterocycles. The van der Waals surface area contributed by atoms with Gasteiger partial charge in [-0.2, -0.15) is 0 Å². The van der Waals surface area contributed by atoms with E-state index in [0.29, 0.717) is 6.04 Å². The SMILES string of the molecule is CCC1CSC(=NCC(=O)N(C)CC)N1. The van der Waals surface area contributed by atoms with Crippen LogP contribution in [0.5, 0.6) is 0 Å². The molecule has 1 saturated heterocycles. The van der Waals surface area contributed by atoms with Crippen molar-refractivity contribution < 1.29 is 4.79 Å². The molecule has 0 bridgehead atoms. The summed E-state index contributed by atoms with van der Waals surface area (Å²) in [4.78, 5) is 17.4. The molecule has 1 fully saturated rings. The summed E-state index contributed by atoms with van der Waals surface area (Å²) >= 11 is 1.70. The molecule has 1 amide bonds. The highest BCUT2D eigenvalue weighted by Crippen LogP contribution is 2.15. The van der Waals surface area contributed by atoms with Gasteiger partial charge in [0.1, 0.15) is 6.54 Å². The highest BCUT2D eigenvalue weighted by Gasteiger charge is 2.18. The highest BCUT2D eigenvalue weighted by atomic mass is 32.2. The van der Waals surface area contributed by atoms with Gasteiger partial charge in [-0.3, -0.25) is 9.79 Å².